The van der Waals surface area contributed by atoms with E-state index in [0.717, 1.165) is 54.0 Å². The molecule has 2 aromatic heterocycles. The Bertz CT molecular complexity index is 859. The van der Waals surface area contributed by atoms with Crippen molar-refractivity contribution < 1.29 is 9.32 Å². The van der Waals surface area contributed by atoms with Crippen LogP contribution in [-0.4, -0.2) is 40.1 Å². The van der Waals surface area contributed by atoms with Gasteiger partial charge in [0.05, 0.1) is 5.69 Å². The molecule has 4 rings (SSSR count). The molecule has 6 nitrogen and oxygen atoms in total. The van der Waals surface area contributed by atoms with Crippen molar-refractivity contribution in [3.63, 3.8) is 0 Å². The number of hydrogen-bond acceptors (Lipinski definition) is 4. The van der Waals surface area contributed by atoms with Crippen molar-refractivity contribution in [2.24, 2.45) is 0 Å². The van der Waals surface area contributed by atoms with E-state index < -0.39 is 0 Å². The van der Waals surface area contributed by atoms with E-state index in [9.17, 15) is 4.79 Å². The van der Waals surface area contributed by atoms with Gasteiger partial charge in [0, 0.05) is 42.1 Å². The van der Waals surface area contributed by atoms with Gasteiger partial charge in [-0.1, -0.05) is 23.4 Å². The number of amides is 1. The highest BCUT2D eigenvalue weighted by Crippen LogP contribution is 2.19. The highest BCUT2D eigenvalue weighted by molar-refractivity contribution is 5.98. The van der Waals surface area contributed by atoms with E-state index in [-0.39, 0.29) is 11.9 Å². The normalized spacial score (nSPS) is 18.1. The molecule has 0 unspecified atom stereocenters. The molecule has 1 fully saturated rings. The molecular formula is C19H22N4O2. The minimum atomic E-state index is -0.0413. The Hall–Kier alpha value is -2.60. The molecule has 0 bridgehead atoms. The summed E-state index contributed by atoms with van der Waals surface area (Å²) in [6.45, 7) is 6.54. The first-order valence-corrected chi connectivity index (χ1v) is 8.63. The number of rotatable bonds is 4. The molecule has 0 saturated carbocycles. The van der Waals surface area contributed by atoms with E-state index in [1.54, 1.807) is 0 Å². The van der Waals surface area contributed by atoms with Crippen LogP contribution in [-0.2, 0) is 6.54 Å². The number of carbonyl (C=O) groups excluding carboxylic acids is 1. The van der Waals surface area contributed by atoms with Crippen molar-refractivity contribution in [3.8, 4) is 0 Å². The van der Waals surface area contributed by atoms with Gasteiger partial charge in [0.1, 0.15) is 11.5 Å². The third kappa shape index (κ3) is 3.17. The summed E-state index contributed by atoms with van der Waals surface area (Å²) < 4.78 is 5.23. The SMILES string of the molecule is Cc1noc(C)c1CN1CC[C@H](NC(=O)c2cc3ccccc3[nH]2)C1. The van der Waals surface area contributed by atoms with E-state index in [4.69, 9.17) is 4.52 Å². The number of nitrogens with one attached hydrogen (secondary N) is 2. The minimum Gasteiger partial charge on any atom is -0.361 e. The zero-order valence-electron chi connectivity index (χ0n) is 14.5. The Morgan fingerprint density at radius 1 is 1.40 bits per heavy atom. The van der Waals surface area contributed by atoms with Gasteiger partial charge in [-0.2, -0.15) is 0 Å². The Morgan fingerprint density at radius 2 is 2.24 bits per heavy atom. The number of para-hydroxylation sites is 1. The molecule has 1 aliphatic heterocycles. The highest BCUT2D eigenvalue weighted by Gasteiger charge is 2.26. The molecular weight excluding hydrogens is 316 g/mol. The third-order valence-corrected chi connectivity index (χ3v) is 4.95. The van der Waals surface area contributed by atoms with Gasteiger partial charge >= 0.3 is 0 Å². The maximum absolute atomic E-state index is 12.5. The number of likely N-dealkylation sites (tertiary alicyclic amines) is 1. The molecule has 25 heavy (non-hydrogen) atoms. The van der Waals surface area contributed by atoms with Gasteiger partial charge in [-0.3, -0.25) is 9.69 Å². The zero-order valence-corrected chi connectivity index (χ0v) is 14.5. The molecule has 1 atom stereocenters. The van der Waals surface area contributed by atoms with E-state index in [1.807, 2.05) is 44.2 Å². The molecule has 0 aliphatic carbocycles. The predicted octanol–water partition coefficient (Wildman–Crippen LogP) is 2.78. The summed E-state index contributed by atoms with van der Waals surface area (Å²) in [6.07, 6.45) is 0.954. The Kier molecular flexibility index (Phi) is 4.05. The van der Waals surface area contributed by atoms with Crippen molar-refractivity contribution in [3.05, 3.63) is 53.0 Å². The molecule has 6 heteroatoms. The van der Waals surface area contributed by atoms with Crippen molar-refractivity contribution in [2.75, 3.05) is 13.1 Å². The van der Waals surface area contributed by atoms with Crippen LogP contribution in [0.1, 0.15) is 33.9 Å². The van der Waals surface area contributed by atoms with Gasteiger partial charge in [0.15, 0.2) is 0 Å². The van der Waals surface area contributed by atoms with E-state index in [0.29, 0.717) is 5.69 Å². The molecule has 3 aromatic rings. The minimum absolute atomic E-state index is 0.0413. The standard InChI is InChI=1S/C19H22N4O2/c1-12-16(13(2)25-22-12)11-23-8-7-15(10-23)20-19(24)18-9-14-5-3-4-6-17(14)21-18/h3-6,9,15,21H,7-8,10-11H2,1-2H3,(H,20,24)/t15-/m0/s1. The Balaban J connectivity index is 1.38. The van der Waals surface area contributed by atoms with Crippen LogP contribution >= 0.6 is 0 Å². The molecule has 3 heterocycles. The number of H-pyrrole nitrogens is 1. The topological polar surface area (TPSA) is 74.2 Å². The zero-order chi connectivity index (χ0) is 17.4. The summed E-state index contributed by atoms with van der Waals surface area (Å²) in [5, 5.41) is 8.21. The van der Waals surface area contributed by atoms with Gasteiger partial charge in [0.2, 0.25) is 0 Å². The monoisotopic (exact) mass is 338 g/mol. The van der Waals surface area contributed by atoms with Crippen molar-refractivity contribution >= 4 is 16.8 Å². The Labute approximate surface area is 146 Å². The summed E-state index contributed by atoms with van der Waals surface area (Å²) in [6, 6.07) is 9.99. The maximum Gasteiger partial charge on any atom is 0.267 e. The van der Waals surface area contributed by atoms with Crippen molar-refractivity contribution in [2.45, 2.75) is 32.9 Å². The lowest BCUT2D eigenvalue weighted by Crippen LogP contribution is -2.37. The lowest BCUT2D eigenvalue weighted by Gasteiger charge is -2.16. The molecule has 1 aromatic carbocycles. The van der Waals surface area contributed by atoms with Gasteiger partial charge in [-0.25, -0.2) is 0 Å². The number of carbonyl (C=O) groups is 1. The second-order valence-corrected chi connectivity index (χ2v) is 6.77. The number of aryl methyl sites for hydroxylation is 2. The largest absolute Gasteiger partial charge is 0.361 e. The molecule has 130 valence electrons. The number of aromatic nitrogens is 2. The molecule has 1 saturated heterocycles. The van der Waals surface area contributed by atoms with E-state index in [1.165, 1.54) is 0 Å². The lowest BCUT2D eigenvalue weighted by atomic mass is 10.2. The fourth-order valence-corrected chi connectivity index (χ4v) is 3.50. The Morgan fingerprint density at radius 3 is 3.00 bits per heavy atom. The fourth-order valence-electron chi connectivity index (χ4n) is 3.50. The average Bonchev–Trinajstić information content (AvgIpc) is 3.30. The van der Waals surface area contributed by atoms with E-state index >= 15 is 0 Å². The van der Waals surface area contributed by atoms with Gasteiger partial charge in [0.25, 0.3) is 5.91 Å². The van der Waals surface area contributed by atoms with Gasteiger partial charge in [-0.15, -0.1) is 0 Å². The summed E-state index contributed by atoms with van der Waals surface area (Å²) in [4.78, 5) is 18.0. The van der Waals surface area contributed by atoms with E-state index in [2.05, 4.69) is 20.4 Å². The quantitative estimate of drug-likeness (QED) is 0.767. The van der Waals surface area contributed by atoms with Crippen LogP contribution in [0.25, 0.3) is 10.9 Å². The van der Waals surface area contributed by atoms with Crippen LogP contribution in [0.15, 0.2) is 34.9 Å². The second kappa shape index (κ2) is 6.37. The predicted molar refractivity (Wildman–Crippen MR) is 95.4 cm³/mol. The summed E-state index contributed by atoms with van der Waals surface area (Å²) in [7, 11) is 0. The molecule has 0 radical (unpaired) electrons. The van der Waals surface area contributed by atoms with Crippen LogP contribution in [0, 0.1) is 13.8 Å². The number of nitrogens with zero attached hydrogens (tertiary/aromatic N) is 2. The second-order valence-electron chi connectivity index (χ2n) is 6.77. The number of hydrogen-bond donors (Lipinski definition) is 2. The van der Waals surface area contributed by atoms with Crippen LogP contribution in [0.3, 0.4) is 0 Å². The van der Waals surface area contributed by atoms with Crippen molar-refractivity contribution in [1.29, 1.82) is 0 Å². The first-order valence-electron chi connectivity index (χ1n) is 8.63. The summed E-state index contributed by atoms with van der Waals surface area (Å²) in [5.41, 5.74) is 3.70. The summed E-state index contributed by atoms with van der Waals surface area (Å²) in [5.74, 6) is 0.837. The molecule has 1 amide bonds. The smallest absolute Gasteiger partial charge is 0.267 e. The van der Waals surface area contributed by atoms with Gasteiger partial charge in [-0.05, 0) is 32.4 Å². The van der Waals surface area contributed by atoms with Crippen LogP contribution < -0.4 is 5.32 Å². The molecule has 0 spiro atoms. The third-order valence-electron chi connectivity index (χ3n) is 4.95. The first kappa shape index (κ1) is 15.9. The highest BCUT2D eigenvalue weighted by atomic mass is 16.5. The number of aromatic amines is 1. The molecule has 2 N–H and O–H groups in total. The van der Waals surface area contributed by atoms with Crippen molar-refractivity contribution in [1.82, 2.24) is 20.4 Å². The average molecular weight is 338 g/mol. The molecule has 1 aliphatic rings. The van der Waals surface area contributed by atoms with Crippen LogP contribution in [0.2, 0.25) is 0 Å². The maximum atomic E-state index is 12.5. The lowest BCUT2D eigenvalue weighted by molar-refractivity contribution is 0.0933. The van der Waals surface area contributed by atoms with Crippen LogP contribution in [0.5, 0.6) is 0 Å². The number of fused-ring (bicyclic) bond motifs is 1. The van der Waals surface area contributed by atoms with Gasteiger partial charge < -0.3 is 14.8 Å². The van der Waals surface area contributed by atoms with Crippen LogP contribution in [0.4, 0.5) is 0 Å². The summed E-state index contributed by atoms with van der Waals surface area (Å²) >= 11 is 0. The number of benzene rings is 1. The fraction of sp³-hybridized carbons (Fsp3) is 0.368. The first-order chi connectivity index (χ1) is 12.1.